The fourth-order valence-corrected chi connectivity index (χ4v) is 2.37. The first kappa shape index (κ1) is 14.0. The molecule has 0 saturated heterocycles. The molecule has 0 unspecified atom stereocenters. The third kappa shape index (κ3) is 2.89. The van der Waals surface area contributed by atoms with Crippen LogP contribution in [0.5, 0.6) is 11.6 Å². The second kappa shape index (κ2) is 5.79. The van der Waals surface area contributed by atoms with Gasteiger partial charge in [0.1, 0.15) is 0 Å². The SMILES string of the molecule is NCc1cc2ccccc2nc1Oc1ccc(Br)cc1F. The molecule has 0 saturated carbocycles. The van der Waals surface area contributed by atoms with Crippen molar-refractivity contribution in [2.45, 2.75) is 6.54 Å². The van der Waals surface area contributed by atoms with Crippen LogP contribution < -0.4 is 10.5 Å². The molecule has 3 aromatic rings. The molecule has 0 bridgehead atoms. The summed E-state index contributed by atoms with van der Waals surface area (Å²) in [4.78, 5) is 4.42. The van der Waals surface area contributed by atoms with Crippen molar-refractivity contribution in [2.75, 3.05) is 0 Å². The van der Waals surface area contributed by atoms with Crippen LogP contribution in [0.2, 0.25) is 0 Å². The van der Waals surface area contributed by atoms with Crippen LogP contribution in [0.4, 0.5) is 4.39 Å². The lowest BCUT2D eigenvalue weighted by Gasteiger charge is -2.11. The van der Waals surface area contributed by atoms with Crippen LogP contribution >= 0.6 is 15.9 Å². The monoisotopic (exact) mass is 346 g/mol. The van der Waals surface area contributed by atoms with E-state index < -0.39 is 5.82 Å². The highest BCUT2D eigenvalue weighted by atomic mass is 79.9. The van der Waals surface area contributed by atoms with Crippen molar-refractivity contribution in [3.05, 3.63) is 64.4 Å². The maximum absolute atomic E-state index is 13.9. The third-order valence-electron chi connectivity index (χ3n) is 3.08. The van der Waals surface area contributed by atoms with Gasteiger partial charge in [0.25, 0.3) is 0 Å². The fraction of sp³-hybridized carbons (Fsp3) is 0.0625. The van der Waals surface area contributed by atoms with E-state index in [1.165, 1.54) is 6.07 Å². The Bertz CT molecular complexity index is 807. The van der Waals surface area contributed by atoms with E-state index in [4.69, 9.17) is 10.5 Å². The summed E-state index contributed by atoms with van der Waals surface area (Å²) in [5.41, 5.74) is 7.25. The van der Waals surface area contributed by atoms with Crippen molar-refractivity contribution in [3.8, 4) is 11.6 Å². The first-order chi connectivity index (χ1) is 10.2. The topological polar surface area (TPSA) is 48.1 Å². The van der Waals surface area contributed by atoms with Crippen molar-refractivity contribution in [1.29, 1.82) is 0 Å². The van der Waals surface area contributed by atoms with Crippen molar-refractivity contribution < 1.29 is 9.13 Å². The molecule has 0 atom stereocenters. The van der Waals surface area contributed by atoms with Gasteiger partial charge in [-0.3, -0.25) is 0 Å². The highest BCUT2D eigenvalue weighted by Gasteiger charge is 2.11. The maximum Gasteiger partial charge on any atom is 0.224 e. The lowest BCUT2D eigenvalue weighted by atomic mass is 10.1. The molecule has 3 nitrogen and oxygen atoms in total. The summed E-state index contributed by atoms with van der Waals surface area (Å²) in [6, 6.07) is 14.2. The molecule has 1 aromatic heterocycles. The van der Waals surface area contributed by atoms with Crippen LogP contribution in [0, 0.1) is 5.82 Å². The van der Waals surface area contributed by atoms with E-state index in [0.717, 1.165) is 16.5 Å². The molecule has 0 aliphatic heterocycles. The quantitative estimate of drug-likeness (QED) is 0.765. The van der Waals surface area contributed by atoms with E-state index in [1.54, 1.807) is 12.1 Å². The number of nitrogens with two attached hydrogens (primary N) is 1. The van der Waals surface area contributed by atoms with Crippen LogP contribution in [0.1, 0.15) is 5.56 Å². The van der Waals surface area contributed by atoms with Crippen LogP contribution in [-0.4, -0.2) is 4.98 Å². The largest absolute Gasteiger partial charge is 0.436 e. The van der Waals surface area contributed by atoms with Gasteiger partial charge in [-0.05, 0) is 30.3 Å². The van der Waals surface area contributed by atoms with Gasteiger partial charge in [-0.1, -0.05) is 34.1 Å². The first-order valence-corrected chi connectivity index (χ1v) is 7.18. The maximum atomic E-state index is 13.9. The molecule has 0 radical (unpaired) electrons. The number of halogens is 2. The minimum Gasteiger partial charge on any atom is -0.436 e. The molecule has 0 amide bonds. The zero-order chi connectivity index (χ0) is 14.8. The van der Waals surface area contributed by atoms with Crippen LogP contribution in [0.15, 0.2) is 53.0 Å². The molecule has 0 fully saturated rings. The number of fused-ring (bicyclic) bond motifs is 1. The van der Waals surface area contributed by atoms with Gasteiger partial charge >= 0.3 is 0 Å². The van der Waals surface area contributed by atoms with Gasteiger partial charge in [0.15, 0.2) is 11.6 Å². The lowest BCUT2D eigenvalue weighted by Crippen LogP contribution is -2.02. The number of benzene rings is 2. The van der Waals surface area contributed by atoms with Gasteiger partial charge in [0.05, 0.1) is 5.52 Å². The summed E-state index contributed by atoms with van der Waals surface area (Å²) >= 11 is 3.21. The Morgan fingerprint density at radius 1 is 1.14 bits per heavy atom. The number of para-hydroxylation sites is 1. The molecule has 21 heavy (non-hydrogen) atoms. The van der Waals surface area contributed by atoms with Crippen LogP contribution in [0.3, 0.4) is 0 Å². The van der Waals surface area contributed by atoms with Gasteiger partial charge in [-0.2, -0.15) is 0 Å². The summed E-state index contributed by atoms with van der Waals surface area (Å²) in [5, 5.41) is 0.974. The van der Waals surface area contributed by atoms with E-state index in [-0.39, 0.29) is 12.3 Å². The summed E-state index contributed by atoms with van der Waals surface area (Å²) in [6.07, 6.45) is 0. The van der Waals surface area contributed by atoms with E-state index in [9.17, 15) is 4.39 Å². The van der Waals surface area contributed by atoms with Gasteiger partial charge < -0.3 is 10.5 Å². The zero-order valence-electron chi connectivity index (χ0n) is 11.0. The Labute approximate surface area is 129 Å². The minimum atomic E-state index is -0.456. The molecule has 0 aliphatic rings. The Balaban J connectivity index is 2.06. The van der Waals surface area contributed by atoms with Crippen LogP contribution in [-0.2, 0) is 6.54 Å². The number of hydrogen-bond acceptors (Lipinski definition) is 3. The third-order valence-corrected chi connectivity index (χ3v) is 3.58. The number of ether oxygens (including phenoxy) is 1. The number of nitrogens with zero attached hydrogens (tertiary/aromatic N) is 1. The Morgan fingerprint density at radius 3 is 2.71 bits per heavy atom. The Kier molecular flexibility index (Phi) is 3.86. The predicted molar refractivity (Wildman–Crippen MR) is 83.8 cm³/mol. The molecule has 0 aliphatic carbocycles. The number of rotatable bonds is 3. The summed E-state index contributed by atoms with van der Waals surface area (Å²) in [5.74, 6) is -0.00425. The molecule has 106 valence electrons. The van der Waals surface area contributed by atoms with Gasteiger partial charge in [-0.15, -0.1) is 0 Å². The smallest absolute Gasteiger partial charge is 0.224 e. The molecule has 0 spiro atoms. The van der Waals surface area contributed by atoms with Crippen molar-refractivity contribution in [2.24, 2.45) is 5.73 Å². The van der Waals surface area contributed by atoms with E-state index in [1.807, 2.05) is 30.3 Å². The molecule has 2 aromatic carbocycles. The predicted octanol–water partition coefficient (Wildman–Crippen LogP) is 4.39. The van der Waals surface area contributed by atoms with Gasteiger partial charge in [0.2, 0.25) is 5.88 Å². The fourth-order valence-electron chi connectivity index (χ4n) is 2.04. The highest BCUT2D eigenvalue weighted by molar-refractivity contribution is 9.10. The zero-order valence-corrected chi connectivity index (χ0v) is 12.6. The Hall–Kier alpha value is -1.98. The number of aromatic nitrogens is 1. The highest BCUT2D eigenvalue weighted by Crippen LogP contribution is 2.29. The number of pyridine rings is 1. The molecule has 2 N–H and O–H groups in total. The average Bonchev–Trinajstić information content (AvgIpc) is 2.49. The second-order valence-corrected chi connectivity index (χ2v) is 5.44. The molecule has 1 heterocycles. The number of hydrogen-bond donors (Lipinski definition) is 1. The lowest BCUT2D eigenvalue weighted by molar-refractivity contribution is 0.424. The van der Waals surface area contributed by atoms with E-state index in [0.29, 0.717) is 10.4 Å². The van der Waals surface area contributed by atoms with Crippen LogP contribution in [0.25, 0.3) is 10.9 Å². The Morgan fingerprint density at radius 2 is 1.95 bits per heavy atom. The standard InChI is InChI=1S/C16H12BrFN2O/c17-12-5-6-15(13(18)8-12)21-16-11(9-19)7-10-3-1-2-4-14(10)20-16/h1-8H,9,19H2. The molecular formula is C16H12BrFN2O. The second-order valence-electron chi connectivity index (χ2n) is 4.53. The normalized spacial score (nSPS) is 10.8. The van der Waals surface area contributed by atoms with E-state index in [2.05, 4.69) is 20.9 Å². The van der Waals surface area contributed by atoms with Gasteiger partial charge in [-0.25, -0.2) is 9.37 Å². The van der Waals surface area contributed by atoms with Gasteiger partial charge in [0, 0.05) is 22.0 Å². The minimum absolute atomic E-state index is 0.121. The summed E-state index contributed by atoms with van der Waals surface area (Å²) in [7, 11) is 0. The van der Waals surface area contributed by atoms with Crippen molar-refractivity contribution in [3.63, 3.8) is 0 Å². The first-order valence-electron chi connectivity index (χ1n) is 6.39. The summed E-state index contributed by atoms with van der Waals surface area (Å²) < 4.78 is 20.1. The molecular weight excluding hydrogens is 335 g/mol. The molecule has 3 rings (SSSR count). The van der Waals surface area contributed by atoms with E-state index >= 15 is 0 Å². The molecule has 5 heteroatoms. The van der Waals surface area contributed by atoms with Crippen molar-refractivity contribution >= 4 is 26.8 Å². The average molecular weight is 347 g/mol. The summed E-state index contributed by atoms with van der Waals surface area (Å²) in [6.45, 7) is 0.269. The van der Waals surface area contributed by atoms with Crippen molar-refractivity contribution in [1.82, 2.24) is 4.98 Å².